The average molecular weight is 674 g/mol. The Morgan fingerprint density at radius 1 is 0.809 bits per heavy atom. The van der Waals surface area contributed by atoms with Crippen LogP contribution in [0, 0.1) is 6.92 Å². The molecule has 0 saturated heterocycles. The summed E-state index contributed by atoms with van der Waals surface area (Å²) in [6, 6.07) is 24.4. The van der Waals surface area contributed by atoms with E-state index < -0.39 is 17.1 Å². The van der Waals surface area contributed by atoms with Crippen molar-refractivity contribution in [3.63, 3.8) is 0 Å². The topological polar surface area (TPSA) is 115 Å². The molecule has 3 N–H and O–H groups in total. The Labute approximate surface area is 283 Å². The number of hydrogen-bond donors (Lipinski definition) is 3. The van der Waals surface area contributed by atoms with Gasteiger partial charge in [-0.05, 0) is 73.5 Å². The molecule has 0 spiro atoms. The minimum atomic E-state index is -0.575. The van der Waals surface area contributed by atoms with Gasteiger partial charge in [-0.25, -0.2) is 0 Å². The Hall–Kier alpha value is -4.93. The van der Waals surface area contributed by atoms with Crippen molar-refractivity contribution in [2.45, 2.75) is 30.4 Å². The normalized spacial score (nSPS) is 11.7. The van der Waals surface area contributed by atoms with E-state index in [4.69, 9.17) is 25.8 Å². The molecule has 4 rings (SSSR count). The van der Waals surface area contributed by atoms with E-state index in [9.17, 15) is 14.4 Å². The second-order valence-corrected chi connectivity index (χ2v) is 12.0. The van der Waals surface area contributed by atoms with E-state index in [1.807, 2.05) is 32.0 Å². The van der Waals surface area contributed by atoms with Gasteiger partial charge >= 0.3 is 0 Å². The van der Waals surface area contributed by atoms with Crippen LogP contribution < -0.4 is 30.2 Å². The molecular weight excluding hydrogens is 638 g/mol. The maximum Gasteiger partial charge on any atom is 0.272 e. The smallest absolute Gasteiger partial charge is 0.272 e. The van der Waals surface area contributed by atoms with E-state index >= 15 is 0 Å². The lowest BCUT2D eigenvalue weighted by Gasteiger charge is -2.16. The molecule has 0 aliphatic rings. The molecule has 0 aliphatic carbocycles. The van der Waals surface area contributed by atoms with Crippen LogP contribution in [-0.2, 0) is 9.59 Å². The summed E-state index contributed by atoms with van der Waals surface area (Å²) in [4.78, 5) is 40.8. The predicted octanol–water partition coefficient (Wildman–Crippen LogP) is 7.59. The molecule has 1 atom stereocenters. The fourth-order valence-electron chi connectivity index (χ4n) is 4.49. The van der Waals surface area contributed by atoms with Gasteiger partial charge in [0.05, 0.1) is 26.6 Å². The average Bonchev–Trinajstić information content (AvgIpc) is 3.08. The number of amides is 3. The first-order chi connectivity index (χ1) is 22.6. The van der Waals surface area contributed by atoms with Crippen LogP contribution in [0.25, 0.3) is 6.08 Å². The van der Waals surface area contributed by atoms with Crippen LogP contribution in [0.3, 0.4) is 0 Å². The number of ether oxygens (including phenoxy) is 3. The van der Waals surface area contributed by atoms with Gasteiger partial charge in [0.25, 0.3) is 11.8 Å². The molecule has 244 valence electrons. The third kappa shape index (κ3) is 9.31. The molecular formula is C36H36ClN3O6S. The minimum Gasteiger partial charge on any atom is -0.496 e. The molecule has 0 radical (unpaired) electrons. The van der Waals surface area contributed by atoms with Crippen LogP contribution in [-0.4, -0.2) is 44.3 Å². The highest BCUT2D eigenvalue weighted by atomic mass is 35.5. The van der Waals surface area contributed by atoms with Gasteiger partial charge in [0.2, 0.25) is 5.91 Å². The van der Waals surface area contributed by atoms with E-state index in [2.05, 4.69) is 16.0 Å². The van der Waals surface area contributed by atoms with Gasteiger partial charge in [-0.15, -0.1) is 11.8 Å². The van der Waals surface area contributed by atoms with Gasteiger partial charge in [0.1, 0.15) is 11.4 Å². The number of halogens is 1. The fraction of sp³-hybridized carbons (Fsp3) is 0.194. The number of aryl methyl sites for hydroxylation is 1. The van der Waals surface area contributed by atoms with Gasteiger partial charge in [-0.1, -0.05) is 48.9 Å². The number of carbonyl (C=O) groups excluding carboxylic acids is 3. The van der Waals surface area contributed by atoms with Crippen LogP contribution >= 0.6 is 23.4 Å². The van der Waals surface area contributed by atoms with Crippen LogP contribution in [0.1, 0.15) is 34.8 Å². The quantitative estimate of drug-likeness (QED) is 0.0989. The Bertz CT molecular complexity index is 1780. The first kappa shape index (κ1) is 34.9. The van der Waals surface area contributed by atoms with Crippen molar-refractivity contribution in [2.24, 2.45) is 0 Å². The lowest BCUT2D eigenvalue weighted by atomic mass is 10.1. The molecule has 0 fully saturated rings. The lowest BCUT2D eigenvalue weighted by Crippen LogP contribution is -2.30. The van der Waals surface area contributed by atoms with Crippen LogP contribution in [0.15, 0.2) is 95.5 Å². The van der Waals surface area contributed by atoms with Gasteiger partial charge < -0.3 is 30.2 Å². The molecule has 0 bridgehead atoms. The predicted molar refractivity (Wildman–Crippen MR) is 188 cm³/mol. The minimum absolute atomic E-state index is 0.0370. The van der Waals surface area contributed by atoms with Crippen molar-refractivity contribution in [1.82, 2.24) is 5.32 Å². The zero-order valence-corrected chi connectivity index (χ0v) is 28.3. The van der Waals surface area contributed by atoms with E-state index in [-0.39, 0.29) is 11.6 Å². The Morgan fingerprint density at radius 2 is 1.49 bits per heavy atom. The number of methoxy groups -OCH3 is 3. The molecule has 1 unspecified atom stereocenters. The number of rotatable bonds is 13. The van der Waals surface area contributed by atoms with Crippen LogP contribution in [0.2, 0.25) is 5.02 Å². The Kier molecular flexibility index (Phi) is 12.3. The molecule has 0 heterocycles. The molecule has 4 aromatic rings. The van der Waals surface area contributed by atoms with Crippen molar-refractivity contribution in [3.05, 3.63) is 112 Å². The zero-order chi connectivity index (χ0) is 33.9. The number of benzene rings is 4. The number of thioether (sulfide) groups is 1. The Morgan fingerprint density at radius 3 is 2.15 bits per heavy atom. The third-order valence-corrected chi connectivity index (χ3v) is 8.80. The number of hydrogen-bond acceptors (Lipinski definition) is 7. The number of carbonyl (C=O) groups is 3. The van der Waals surface area contributed by atoms with E-state index in [1.165, 1.54) is 39.2 Å². The summed E-state index contributed by atoms with van der Waals surface area (Å²) in [6.07, 6.45) is 2.07. The SMILES string of the molecule is CCC(Sc1cccc(NC(=O)/C(=C\c2cc(OC)c(OC)cc2OC)NC(=O)c2ccccc2)c1)C(=O)Nc1ccc(C)c(Cl)c1. The summed E-state index contributed by atoms with van der Waals surface area (Å²) in [5, 5.41) is 8.71. The summed E-state index contributed by atoms with van der Waals surface area (Å²) in [5.41, 5.74) is 2.82. The molecule has 0 aliphatic heterocycles. The summed E-state index contributed by atoms with van der Waals surface area (Å²) in [5.74, 6) is 0.0497. The van der Waals surface area contributed by atoms with E-state index in [0.717, 1.165) is 10.5 Å². The van der Waals surface area contributed by atoms with Crippen LogP contribution in [0.5, 0.6) is 17.2 Å². The number of anilines is 2. The van der Waals surface area contributed by atoms with Crippen molar-refractivity contribution < 1.29 is 28.6 Å². The maximum atomic E-state index is 13.7. The largest absolute Gasteiger partial charge is 0.496 e. The lowest BCUT2D eigenvalue weighted by molar-refractivity contribution is -0.116. The number of nitrogens with one attached hydrogen (secondary N) is 3. The molecule has 9 nitrogen and oxygen atoms in total. The van der Waals surface area contributed by atoms with Gasteiger partial charge in [0.15, 0.2) is 11.5 Å². The highest BCUT2D eigenvalue weighted by Crippen LogP contribution is 2.36. The first-order valence-corrected chi connectivity index (χ1v) is 15.9. The molecule has 47 heavy (non-hydrogen) atoms. The summed E-state index contributed by atoms with van der Waals surface area (Å²) >= 11 is 7.60. The molecule has 0 aromatic heterocycles. The van der Waals surface area contributed by atoms with Crippen molar-refractivity contribution in [2.75, 3.05) is 32.0 Å². The van der Waals surface area contributed by atoms with Crippen molar-refractivity contribution >= 4 is 58.5 Å². The third-order valence-electron chi connectivity index (χ3n) is 7.04. The summed E-state index contributed by atoms with van der Waals surface area (Å²) in [6.45, 7) is 3.83. The van der Waals surface area contributed by atoms with E-state index in [1.54, 1.807) is 66.7 Å². The van der Waals surface area contributed by atoms with E-state index in [0.29, 0.717) is 51.2 Å². The molecule has 3 amide bonds. The summed E-state index contributed by atoms with van der Waals surface area (Å²) in [7, 11) is 4.50. The summed E-state index contributed by atoms with van der Waals surface area (Å²) < 4.78 is 16.4. The Balaban J connectivity index is 1.59. The molecule has 4 aromatic carbocycles. The van der Waals surface area contributed by atoms with Gasteiger partial charge in [0, 0.05) is 38.5 Å². The van der Waals surface area contributed by atoms with Crippen molar-refractivity contribution in [1.29, 1.82) is 0 Å². The maximum absolute atomic E-state index is 13.7. The fourth-order valence-corrected chi connectivity index (χ4v) is 5.68. The second-order valence-electron chi connectivity index (χ2n) is 10.3. The molecule has 11 heteroatoms. The van der Waals surface area contributed by atoms with Gasteiger partial charge in [-0.3, -0.25) is 14.4 Å². The molecule has 0 saturated carbocycles. The standard InChI is InChI=1S/C36H36ClN3O6S/c1-6-33(36(43)39-26-16-15-22(2)28(37)20-26)47-27-14-10-13-25(19-27)38-35(42)29(40-34(41)23-11-8-7-9-12-23)17-24-18-31(45-4)32(46-5)21-30(24)44-3/h7-21,33H,6H2,1-5H3,(H,38,42)(H,39,43)(H,40,41)/b29-17+. The van der Waals surface area contributed by atoms with Crippen molar-refractivity contribution in [3.8, 4) is 17.2 Å². The van der Waals surface area contributed by atoms with Crippen LogP contribution in [0.4, 0.5) is 11.4 Å². The first-order valence-electron chi connectivity index (χ1n) is 14.7. The monoisotopic (exact) mass is 673 g/mol. The second kappa shape index (κ2) is 16.6. The highest BCUT2D eigenvalue weighted by molar-refractivity contribution is 8.00. The zero-order valence-electron chi connectivity index (χ0n) is 26.7. The highest BCUT2D eigenvalue weighted by Gasteiger charge is 2.21. The van der Waals surface area contributed by atoms with Gasteiger partial charge in [-0.2, -0.15) is 0 Å².